The number of para-hydroxylation sites is 2. The van der Waals surface area contributed by atoms with Crippen molar-refractivity contribution < 1.29 is 4.74 Å². The molecule has 0 saturated heterocycles. The summed E-state index contributed by atoms with van der Waals surface area (Å²) in [7, 11) is 0. The minimum atomic E-state index is 0.793. The van der Waals surface area contributed by atoms with E-state index in [0.717, 1.165) is 35.5 Å². The van der Waals surface area contributed by atoms with Gasteiger partial charge in [-0.1, -0.05) is 31.9 Å². The molecule has 0 bridgehead atoms. The van der Waals surface area contributed by atoms with Gasteiger partial charge >= 0.3 is 0 Å². The summed E-state index contributed by atoms with van der Waals surface area (Å²) >= 11 is 0. The van der Waals surface area contributed by atoms with E-state index < -0.39 is 0 Å². The van der Waals surface area contributed by atoms with Crippen LogP contribution in [0.25, 0.3) is 16.7 Å². The third-order valence-corrected chi connectivity index (χ3v) is 3.59. The summed E-state index contributed by atoms with van der Waals surface area (Å²) in [6.07, 6.45) is 5.42. The molecule has 0 fully saturated rings. The first-order chi connectivity index (χ1) is 10.4. The van der Waals surface area contributed by atoms with Gasteiger partial charge in [-0.05, 0) is 42.8 Å². The van der Waals surface area contributed by atoms with Crippen LogP contribution in [-0.2, 0) is 0 Å². The Hall–Kier alpha value is -2.29. The molecule has 0 radical (unpaired) electrons. The maximum Gasteiger partial charge on any atom is 0.119 e. The van der Waals surface area contributed by atoms with Gasteiger partial charge in [0.2, 0.25) is 0 Å². The number of ether oxygens (including phenoxy) is 1. The van der Waals surface area contributed by atoms with Crippen LogP contribution in [0.2, 0.25) is 0 Å². The van der Waals surface area contributed by atoms with Crippen molar-refractivity contribution >= 4 is 11.0 Å². The van der Waals surface area contributed by atoms with E-state index in [1.165, 1.54) is 12.8 Å². The molecular formula is C18H20N2O. The fourth-order valence-corrected chi connectivity index (χ4v) is 2.41. The monoisotopic (exact) mass is 280 g/mol. The molecule has 3 aromatic rings. The number of hydrogen-bond donors (Lipinski definition) is 0. The number of benzene rings is 2. The van der Waals surface area contributed by atoms with Crippen LogP contribution in [-0.4, -0.2) is 16.2 Å². The average molecular weight is 280 g/mol. The summed E-state index contributed by atoms with van der Waals surface area (Å²) < 4.78 is 7.84. The third kappa shape index (κ3) is 3.07. The van der Waals surface area contributed by atoms with E-state index >= 15 is 0 Å². The van der Waals surface area contributed by atoms with E-state index in [9.17, 15) is 0 Å². The van der Waals surface area contributed by atoms with E-state index in [0.29, 0.717) is 0 Å². The van der Waals surface area contributed by atoms with Gasteiger partial charge in [-0.3, -0.25) is 4.57 Å². The van der Waals surface area contributed by atoms with Gasteiger partial charge in [0.15, 0.2) is 0 Å². The molecule has 0 aliphatic heterocycles. The predicted octanol–water partition coefficient (Wildman–Crippen LogP) is 4.59. The van der Waals surface area contributed by atoms with E-state index in [4.69, 9.17) is 4.74 Å². The van der Waals surface area contributed by atoms with Gasteiger partial charge in [-0.25, -0.2) is 4.98 Å². The molecule has 0 amide bonds. The van der Waals surface area contributed by atoms with Gasteiger partial charge in [-0.15, -0.1) is 0 Å². The standard InChI is InChI=1S/C18H20N2O/c1-2-3-6-13-21-16-11-9-15(10-12-16)20-14-19-17-7-4-5-8-18(17)20/h4-5,7-12,14H,2-3,6,13H2,1H3. The minimum absolute atomic E-state index is 0.793. The molecule has 1 aromatic heterocycles. The van der Waals surface area contributed by atoms with Crippen molar-refractivity contribution in [2.75, 3.05) is 6.61 Å². The molecule has 3 nitrogen and oxygen atoms in total. The maximum absolute atomic E-state index is 5.74. The van der Waals surface area contributed by atoms with Crippen molar-refractivity contribution in [2.24, 2.45) is 0 Å². The molecule has 3 heteroatoms. The number of imidazole rings is 1. The van der Waals surface area contributed by atoms with Gasteiger partial charge in [-0.2, -0.15) is 0 Å². The Morgan fingerprint density at radius 3 is 2.62 bits per heavy atom. The summed E-state index contributed by atoms with van der Waals surface area (Å²) in [6.45, 7) is 2.99. The first kappa shape index (κ1) is 13.7. The fraction of sp³-hybridized carbons (Fsp3) is 0.278. The summed E-state index contributed by atoms with van der Waals surface area (Å²) in [5.41, 5.74) is 3.23. The quantitative estimate of drug-likeness (QED) is 0.617. The molecule has 0 unspecified atom stereocenters. The van der Waals surface area contributed by atoms with Crippen LogP contribution >= 0.6 is 0 Å². The maximum atomic E-state index is 5.74. The number of rotatable bonds is 6. The Labute approximate surface area is 125 Å². The zero-order valence-electron chi connectivity index (χ0n) is 12.3. The molecule has 0 N–H and O–H groups in total. The van der Waals surface area contributed by atoms with Crippen LogP contribution in [0, 0.1) is 0 Å². The van der Waals surface area contributed by atoms with Gasteiger partial charge in [0.25, 0.3) is 0 Å². The lowest BCUT2D eigenvalue weighted by Crippen LogP contribution is -1.97. The Balaban J connectivity index is 1.75. The second-order valence-electron chi connectivity index (χ2n) is 5.15. The zero-order valence-corrected chi connectivity index (χ0v) is 12.3. The molecule has 0 atom stereocenters. The van der Waals surface area contributed by atoms with Crippen LogP contribution < -0.4 is 4.74 Å². The molecule has 0 aliphatic rings. The van der Waals surface area contributed by atoms with Crippen LogP contribution in [0.15, 0.2) is 54.9 Å². The molecule has 3 rings (SSSR count). The van der Waals surface area contributed by atoms with Crippen molar-refractivity contribution in [3.05, 3.63) is 54.9 Å². The van der Waals surface area contributed by atoms with Crippen LogP contribution in [0.3, 0.4) is 0 Å². The van der Waals surface area contributed by atoms with E-state index in [-0.39, 0.29) is 0 Å². The van der Waals surface area contributed by atoms with Crippen LogP contribution in [0.4, 0.5) is 0 Å². The third-order valence-electron chi connectivity index (χ3n) is 3.59. The van der Waals surface area contributed by atoms with E-state index in [1.807, 2.05) is 36.7 Å². The molecule has 0 aliphatic carbocycles. The highest BCUT2D eigenvalue weighted by atomic mass is 16.5. The summed E-state index contributed by atoms with van der Waals surface area (Å²) in [4.78, 5) is 4.42. The van der Waals surface area contributed by atoms with Gasteiger partial charge in [0.05, 0.1) is 17.6 Å². The summed E-state index contributed by atoms with van der Waals surface area (Å²) in [5, 5.41) is 0. The topological polar surface area (TPSA) is 27.1 Å². The Morgan fingerprint density at radius 1 is 1.00 bits per heavy atom. The average Bonchev–Trinajstić information content (AvgIpc) is 2.96. The lowest BCUT2D eigenvalue weighted by molar-refractivity contribution is 0.306. The minimum Gasteiger partial charge on any atom is -0.494 e. The molecule has 0 saturated carbocycles. The normalized spacial score (nSPS) is 10.9. The van der Waals surface area contributed by atoms with Crippen molar-refractivity contribution in [1.82, 2.24) is 9.55 Å². The Bertz CT molecular complexity index is 701. The first-order valence-corrected chi connectivity index (χ1v) is 7.54. The highest BCUT2D eigenvalue weighted by Crippen LogP contribution is 2.20. The van der Waals surface area contributed by atoms with Crippen molar-refractivity contribution in [1.29, 1.82) is 0 Å². The molecular weight excluding hydrogens is 260 g/mol. The lowest BCUT2D eigenvalue weighted by Gasteiger charge is -2.08. The Kier molecular flexibility index (Phi) is 4.20. The fourth-order valence-electron chi connectivity index (χ4n) is 2.41. The molecule has 21 heavy (non-hydrogen) atoms. The summed E-state index contributed by atoms with van der Waals surface area (Å²) in [6, 6.07) is 16.3. The van der Waals surface area contributed by atoms with Gasteiger partial charge < -0.3 is 4.74 Å². The molecule has 2 aromatic carbocycles. The van der Waals surface area contributed by atoms with Crippen molar-refractivity contribution in [3.8, 4) is 11.4 Å². The van der Waals surface area contributed by atoms with Crippen LogP contribution in [0.1, 0.15) is 26.2 Å². The second-order valence-corrected chi connectivity index (χ2v) is 5.15. The van der Waals surface area contributed by atoms with Crippen molar-refractivity contribution in [2.45, 2.75) is 26.2 Å². The van der Waals surface area contributed by atoms with E-state index in [1.54, 1.807) is 0 Å². The molecule has 108 valence electrons. The number of unbranched alkanes of at least 4 members (excludes halogenated alkanes) is 2. The Morgan fingerprint density at radius 2 is 1.81 bits per heavy atom. The smallest absolute Gasteiger partial charge is 0.119 e. The van der Waals surface area contributed by atoms with Gasteiger partial charge in [0, 0.05) is 5.69 Å². The highest BCUT2D eigenvalue weighted by Gasteiger charge is 2.03. The molecule has 1 heterocycles. The van der Waals surface area contributed by atoms with Gasteiger partial charge in [0.1, 0.15) is 12.1 Å². The highest BCUT2D eigenvalue weighted by molar-refractivity contribution is 5.77. The largest absolute Gasteiger partial charge is 0.494 e. The van der Waals surface area contributed by atoms with Crippen LogP contribution in [0.5, 0.6) is 5.75 Å². The number of fused-ring (bicyclic) bond motifs is 1. The molecule has 0 spiro atoms. The lowest BCUT2D eigenvalue weighted by atomic mass is 10.2. The number of nitrogens with zero attached hydrogens (tertiary/aromatic N) is 2. The first-order valence-electron chi connectivity index (χ1n) is 7.54. The SMILES string of the molecule is CCCCCOc1ccc(-n2cnc3ccccc32)cc1. The van der Waals surface area contributed by atoms with Crippen molar-refractivity contribution in [3.63, 3.8) is 0 Å². The second kappa shape index (κ2) is 6.44. The predicted molar refractivity (Wildman–Crippen MR) is 86.1 cm³/mol. The number of aromatic nitrogens is 2. The summed E-state index contributed by atoms with van der Waals surface area (Å²) in [5.74, 6) is 0.930. The zero-order chi connectivity index (χ0) is 14.5. The van der Waals surface area contributed by atoms with E-state index in [2.05, 4.69) is 34.7 Å². The number of hydrogen-bond acceptors (Lipinski definition) is 2.